The number of thiol groups is 2. The molecule has 0 aromatic carbocycles. The summed E-state index contributed by atoms with van der Waals surface area (Å²) in [4.78, 5) is 10.5. The summed E-state index contributed by atoms with van der Waals surface area (Å²) in [6.07, 6.45) is 2.54. The molecule has 16 heavy (non-hydrogen) atoms. The van der Waals surface area contributed by atoms with Crippen molar-refractivity contribution in [2.24, 2.45) is 0 Å². The minimum atomic E-state index is -3.07. The highest BCUT2D eigenvalue weighted by molar-refractivity contribution is 7.80. The van der Waals surface area contributed by atoms with Crippen molar-refractivity contribution in [2.45, 2.75) is 38.7 Å². The first-order valence-corrected chi connectivity index (χ1v) is 8.97. The Morgan fingerprint density at radius 1 is 1.12 bits per heavy atom. The Balaban J connectivity index is 4.44. The Morgan fingerprint density at radius 2 is 1.62 bits per heavy atom. The van der Waals surface area contributed by atoms with Crippen molar-refractivity contribution < 1.29 is 13.6 Å². The van der Waals surface area contributed by atoms with Gasteiger partial charge < -0.3 is 13.6 Å². The lowest BCUT2D eigenvalue weighted by atomic mass is 10.4. The van der Waals surface area contributed by atoms with Gasteiger partial charge in [-0.2, -0.15) is 25.3 Å². The monoisotopic (exact) mass is 284 g/mol. The van der Waals surface area contributed by atoms with Gasteiger partial charge in [0.05, 0.1) is 0 Å². The van der Waals surface area contributed by atoms with Crippen molar-refractivity contribution in [3.8, 4) is 0 Å². The first-order valence-electron chi connectivity index (χ1n) is 5.86. The van der Waals surface area contributed by atoms with Crippen molar-refractivity contribution >= 4 is 34.1 Å². The molecular weight excluding hydrogens is 260 g/mol. The average Bonchev–Trinajstić information content (AvgIpc) is 2.30. The van der Waals surface area contributed by atoms with Crippen molar-refractivity contribution in [2.75, 3.05) is 24.7 Å². The molecule has 0 aliphatic rings. The molecule has 1 N–H and O–H groups in total. The molecule has 6 heteroatoms. The van der Waals surface area contributed by atoms with E-state index in [0.717, 1.165) is 19.3 Å². The van der Waals surface area contributed by atoms with E-state index in [1.807, 2.05) is 13.8 Å². The summed E-state index contributed by atoms with van der Waals surface area (Å²) in [5.74, 6) is 1.29. The minimum Gasteiger partial charge on any atom is -0.390 e. The van der Waals surface area contributed by atoms with E-state index in [4.69, 9.17) is 8.85 Å². The summed E-state index contributed by atoms with van der Waals surface area (Å²) in [5.41, 5.74) is -0.00793. The second kappa shape index (κ2) is 9.79. The van der Waals surface area contributed by atoms with E-state index >= 15 is 0 Å². The molecule has 0 saturated heterocycles. The number of hydrogen-bond acceptors (Lipinski definition) is 5. The quantitative estimate of drug-likeness (QED) is 0.426. The van der Waals surface area contributed by atoms with E-state index in [1.165, 1.54) is 0 Å². The molecule has 0 aliphatic heterocycles. The Bertz CT molecular complexity index is 164. The standard InChI is InChI=1S/C10H24O3S2Si/c1-3-6-12-16(11,13-7-4-2)10(9-15)5-8-14/h10-11,14-15H,3-9H2,1-2H3. The van der Waals surface area contributed by atoms with E-state index in [0.29, 0.717) is 24.7 Å². The lowest BCUT2D eigenvalue weighted by Crippen LogP contribution is -2.48. The molecule has 98 valence electrons. The molecule has 0 saturated carbocycles. The van der Waals surface area contributed by atoms with Gasteiger partial charge in [-0.15, -0.1) is 0 Å². The molecule has 3 nitrogen and oxygen atoms in total. The Hall–Kier alpha value is 0.797. The Morgan fingerprint density at radius 3 is 1.94 bits per heavy atom. The van der Waals surface area contributed by atoms with Gasteiger partial charge in [-0.05, 0) is 30.8 Å². The van der Waals surface area contributed by atoms with Gasteiger partial charge in [-0.1, -0.05) is 13.8 Å². The predicted molar refractivity (Wildman–Crippen MR) is 76.5 cm³/mol. The van der Waals surface area contributed by atoms with E-state index in [-0.39, 0.29) is 5.54 Å². The second-order valence-electron chi connectivity index (χ2n) is 3.72. The summed E-state index contributed by atoms with van der Waals surface area (Å²) >= 11 is 8.46. The number of hydrogen-bond donors (Lipinski definition) is 3. The summed E-state index contributed by atoms with van der Waals surface area (Å²) < 4.78 is 11.2. The van der Waals surface area contributed by atoms with Crippen LogP contribution in [-0.2, 0) is 8.85 Å². The van der Waals surface area contributed by atoms with E-state index in [1.54, 1.807) is 0 Å². The van der Waals surface area contributed by atoms with Crippen LogP contribution in [0.4, 0.5) is 0 Å². The molecule has 0 fully saturated rings. The van der Waals surface area contributed by atoms with Gasteiger partial charge in [0.1, 0.15) is 0 Å². The maximum Gasteiger partial charge on any atom is 0.502 e. The molecule has 1 unspecified atom stereocenters. The summed E-state index contributed by atoms with van der Waals surface area (Å²) in [6.45, 7) is 5.12. The third-order valence-electron chi connectivity index (χ3n) is 2.24. The summed E-state index contributed by atoms with van der Waals surface area (Å²) in [7, 11) is -3.07. The molecule has 0 rings (SSSR count). The molecule has 0 aliphatic carbocycles. The first kappa shape index (κ1) is 16.8. The topological polar surface area (TPSA) is 38.7 Å². The van der Waals surface area contributed by atoms with Crippen LogP contribution in [0.1, 0.15) is 33.1 Å². The molecule has 0 spiro atoms. The lowest BCUT2D eigenvalue weighted by Gasteiger charge is -2.30. The summed E-state index contributed by atoms with van der Waals surface area (Å²) in [5, 5.41) is 0. The fourth-order valence-electron chi connectivity index (χ4n) is 1.32. The smallest absolute Gasteiger partial charge is 0.390 e. The van der Waals surface area contributed by atoms with Gasteiger partial charge in [0.15, 0.2) is 0 Å². The van der Waals surface area contributed by atoms with Crippen molar-refractivity contribution in [3.05, 3.63) is 0 Å². The average molecular weight is 285 g/mol. The van der Waals surface area contributed by atoms with Crippen LogP contribution in [0.5, 0.6) is 0 Å². The fourth-order valence-corrected chi connectivity index (χ4v) is 5.04. The Kier molecular flexibility index (Phi) is 10.3. The first-order chi connectivity index (χ1) is 7.64. The van der Waals surface area contributed by atoms with Gasteiger partial charge >= 0.3 is 8.80 Å². The van der Waals surface area contributed by atoms with Gasteiger partial charge in [-0.25, -0.2) is 0 Å². The van der Waals surface area contributed by atoms with E-state index in [9.17, 15) is 4.80 Å². The zero-order valence-electron chi connectivity index (χ0n) is 10.2. The predicted octanol–water partition coefficient (Wildman–Crippen LogP) is 2.39. The van der Waals surface area contributed by atoms with Gasteiger partial charge in [0.25, 0.3) is 0 Å². The lowest BCUT2D eigenvalue weighted by molar-refractivity contribution is 0.0883. The highest BCUT2D eigenvalue weighted by Crippen LogP contribution is 2.27. The van der Waals surface area contributed by atoms with Gasteiger partial charge in [0, 0.05) is 18.8 Å². The Labute approximate surface area is 111 Å². The fraction of sp³-hybridized carbons (Fsp3) is 1.00. The highest BCUT2D eigenvalue weighted by Gasteiger charge is 2.44. The third kappa shape index (κ3) is 5.93. The van der Waals surface area contributed by atoms with Crippen LogP contribution in [0.25, 0.3) is 0 Å². The normalized spacial score (nSPS) is 14.1. The molecule has 0 aromatic rings. The maximum absolute atomic E-state index is 10.5. The molecule has 0 radical (unpaired) electrons. The zero-order valence-corrected chi connectivity index (χ0v) is 13.0. The van der Waals surface area contributed by atoms with Gasteiger partial charge in [0.2, 0.25) is 0 Å². The van der Waals surface area contributed by atoms with Crippen LogP contribution in [-0.4, -0.2) is 38.3 Å². The maximum atomic E-state index is 10.5. The molecule has 0 aromatic heterocycles. The van der Waals surface area contributed by atoms with Crippen LogP contribution in [0, 0.1) is 0 Å². The summed E-state index contributed by atoms with van der Waals surface area (Å²) in [6, 6.07) is 0. The van der Waals surface area contributed by atoms with Crippen LogP contribution in [0.3, 0.4) is 0 Å². The molecule has 0 heterocycles. The number of rotatable bonds is 10. The molecule has 0 bridgehead atoms. The zero-order chi connectivity index (χ0) is 12.4. The molecular formula is C10H24O3S2Si. The van der Waals surface area contributed by atoms with Crippen LogP contribution >= 0.6 is 25.3 Å². The SMILES string of the molecule is CCCO[Si](O)(OCCC)C(CS)CCS. The highest BCUT2D eigenvalue weighted by atomic mass is 32.1. The van der Waals surface area contributed by atoms with Crippen molar-refractivity contribution in [1.29, 1.82) is 0 Å². The van der Waals surface area contributed by atoms with E-state index in [2.05, 4.69) is 25.3 Å². The van der Waals surface area contributed by atoms with E-state index < -0.39 is 8.80 Å². The van der Waals surface area contributed by atoms with Gasteiger partial charge in [-0.3, -0.25) is 0 Å². The second-order valence-corrected chi connectivity index (χ2v) is 7.19. The van der Waals surface area contributed by atoms with Crippen LogP contribution in [0.2, 0.25) is 5.54 Å². The van der Waals surface area contributed by atoms with Crippen molar-refractivity contribution in [1.82, 2.24) is 0 Å². The van der Waals surface area contributed by atoms with Crippen LogP contribution < -0.4 is 0 Å². The largest absolute Gasteiger partial charge is 0.502 e. The molecule has 0 amide bonds. The van der Waals surface area contributed by atoms with Crippen molar-refractivity contribution in [3.63, 3.8) is 0 Å². The minimum absolute atomic E-state index is 0.00793. The third-order valence-corrected chi connectivity index (χ3v) is 6.04. The molecule has 1 atom stereocenters. The van der Waals surface area contributed by atoms with Crippen LogP contribution in [0.15, 0.2) is 0 Å².